The summed E-state index contributed by atoms with van der Waals surface area (Å²) in [5.74, 6) is 0.578. The van der Waals surface area contributed by atoms with Crippen molar-refractivity contribution < 1.29 is 9.94 Å². The quantitative estimate of drug-likeness (QED) is 0.387. The van der Waals surface area contributed by atoms with Crippen LogP contribution in [0.2, 0.25) is 5.02 Å². The van der Waals surface area contributed by atoms with Crippen LogP contribution < -0.4 is 10.6 Å². The number of ether oxygens (including phenoxy) is 1. The number of piperidine rings is 1. The molecule has 6 heteroatoms. The van der Waals surface area contributed by atoms with E-state index in [0.29, 0.717) is 16.5 Å². The number of methoxy groups -OCH3 is 1. The molecule has 110 valence electrons. The Morgan fingerprint density at radius 2 is 2.40 bits per heavy atom. The Morgan fingerprint density at radius 1 is 1.60 bits per heavy atom. The Hall–Kier alpha value is -1.46. The van der Waals surface area contributed by atoms with Gasteiger partial charge < -0.3 is 20.6 Å². The predicted molar refractivity (Wildman–Crippen MR) is 80.8 cm³/mol. The van der Waals surface area contributed by atoms with Gasteiger partial charge in [-0.05, 0) is 37.0 Å². The molecule has 20 heavy (non-hydrogen) atoms. The van der Waals surface area contributed by atoms with Gasteiger partial charge in [0, 0.05) is 31.5 Å². The molecule has 0 aromatic heterocycles. The lowest BCUT2D eigenvalue weighted by atomic mass is 9.98. The third-order valence-electron chi connectivity index (χ3n) is 3.62. The molecule has 2 rings (SSSR count). The van der Waals surface area contributed by atoms with Crippen molar-refractivity contribution >= 4 is 23.1 Å². The van der Waals surface area contributed by atoms with E-state index in [2.05, 4.69) is 10.1 Å². The van der Waals surface area contributed by atoms with Crippen LogP contribution in [0.1, 0.15) is 18.4 Å². The van der Waals surface area contributed by atoms with Crippen molar-refractivity contribution in [2.24, 2.45) is 16.8 Å². The largest absolute Gasteiger partial charge is 0.409 e. The molecular formula is C14H20ClN3O2. The second-order valence-electron chi connectivity index (χ2n) is 5.06. The summed E-state index contributed by atoms with van der Waals surface area (Å²) in [6.07, 6.45) is 2.34. The fourth-order valence-electron chi connectivity index (χ4n) is 2.63. The van der Waals surface area contributed by atoms with E-state index < -0.39 is 0 Å². The van der Waals surface area contributed by atoms with Crippen LogP contribution in [0.25, 0.3) is 0 Å². The molecule has 0 bridgehead atoms. The number of benzene rings is 1. The molecule has 1 aromatic rings. The van der Waals surface area contributed by atoms with E-state index in [0.717, 1.165) is 31.8 Å². The standard InChI is InChI=1S/C14H20ClN3O2/c1-20-9-10-3-2-6-18(8-10)11-4-5-12(13(15)7-11)14(16)17-19/h4-5,7,10,19H,2-3,6,8-9H2,1H3,(H2,16,17). The average molecular weight is 298 g/mol. The molecule has 1 fully saturated rings. The molecule has 1 atom stereocenters. The Morgan fingerprint density at radius 3 is 3.05 bits per heavy atom. The first-order chi connectivity index (χ1) is 9.65. The van der Waals surface area contributed by atoms with Crippen molar-refractivity contribution in [2.45, 2.75) is 12.8 Å². The number of oxime groups is 1. The van der Waals surface area contributed by atoms with Crippen molar-refractivity contribution in [3.05, 3.63) is 28.8 Å². The van der Waals surface area contributed by atoms with Crippen LogP contribution in [-0.4, -0.2) is 37.8 Å². The zero-order valence-corrected chi connectivity index (χ0v) is 12.3. The molecule has 1 aliphatic rings. The van der Waals surface area contributed by atoms with Gasteiger partial charge in [-0.25, -0.2) is 0 Å². The summed E-state index contributed by atoms with van der Waals surface area (Å²) in [5, 5.41) is 12.2. The average Bonchev–Trinajstić information content (AvgIpc) is 2.47. The summed E-state index contributed by atoms with van der Waals surface area (Å²) < 4.78 is 5.24. The summed E-state index contributed by atoms with van der Waals surface area (Å²) in [6, 6.07) is 5.60. The van der Waals surface area contributed by atoms with Crippen molar-refractivity contribution in [2.75, 3.05) is 31.7 Å². The maximum absolute atomic E-state index is 8.70. The topological polar surface area (TPSA) is 71.1 Å². The Labute approximate surface area is 124 Å². The van der Waals surface area contributed by atoms with E-state index in [-0.39, 0.29) is 5.84 Å². The first kappa shape index (κ1) is 14.9. The number of halogens is 1. The van der Waals surface area contributed by atoms with E-state index in [1.807, 2.05) is 12.1 Å². The van der Waals surface area contributed by atoms with E-state index >= 15 is 0 Å². The molecule has 5 nitrogen and oxygen atoms in total. The van der Waals surface area contributed by atoms with Crippen LogP contribution in [0.4, 0.5) is 5.69 Å². The summed E-state index contributed by atoms with van der Waals surface area (Å²) >= 11 is 6.20. The van der Waals surface area contributed by atoms with Gasteiger partial charge in [0.2, 0.25) is 0 Å². The summed E-state index contributed by atoms with van der Waals surface area (Å²) in [5.41, 5.74) is 7.18. The van der Waals surface area contributed by atoms with Gasteiger partial charge in [0.05, 0.1) is 11.6 Å². The van der Waals surface area contributed by atoms with Crippen LogP contribution in [0.15, 0.2) is 23.4 Å². The van der Waals surface area contributed by atoms with Crippen molar-refractivity contribution in [1.82, 2.24) is 0 Å². The Balaban J connectivity index is 2.15. The second-order valence-corrected chi connectivity index (χ2v) is 5.47. The number of hydrogen-bond donors (Lipinski definition) is 2. The molecule has 3 N–H and O–H groups in total. The molecule has 0 spiro atoms. The number of hydrogen-bond acceptors (Lipinski definition) is 4. The number of rotatable bonds is 4. The zero-order valence-electron chi connectivity index (χ0n) is 11.6. The molecule has 0 amide bonds. The lowest BCUT2D eigenvalue weighted by molar-refractivity contribution is 0.143. The van der Waals surface area contributed by atoms with Gasteiger partial charge >= 0.3 is 0 Å². The van der Waals surface area contributed by atoms with E-state index in [1.165, 1.54) is 6.42 Å². The van der Waals surface area contributed by atoms with Crippen LogP contribution in [0.3, 0.4) is 0 Å². The third kappa shape index (κ3) is 3.35. The monoisotopic (exact) mass is 297 g/mol. The van der Waals surface area contributed by atoms with Crippen LogP contribution in [0.5, 0.6) is 0 Å². The third-order valence-corrected chi connectivity index (χ3v) is 3.94. The minimum Gasteiger partial charge on any atom is -0.409 e. The van der Waals surface area contributed by atoms with Crippen LogP contribution in [-0.2, 0) is 4.74 Å². The maximum atomic E-state index is 8.70. The number of amidine groups is 1. The van der Waals surface area contributed by atoms with E-state index in [4.69, 9.17) is 27.3 Å². The van der Waals surface area contributed by atoms with Gasteiger partial charge in [0.25, 0.3) is 0 Å². The molecule has 1 heterocycles. The number of anilines is 1. The summed E-state index contributed by atoms with van der Waals surface area (Å²) in [7, 11) is 1.74. The Bertz CT molecular complexity index is 491. The van der Waals surface area contributed by atoms with Crippen LogP contribution in [0, 0.1) is 5.92 Å². The molecule has 1 aromatic carbocycles. The fraction of sp³-hybridized carbons (Fsp3) is 0.500. The van der Waals surface area contributed by atoms with Gasteiger partial charge in [-0.2, -0.15) is 0 Å². The minimum absolute atomic E-state index is 0.0254. The molecule has 0 saturated carbocycles. The molecular weight excluding hydrogens is 278 g/mol. The van der Waals surface area contributed by atoms with E-state index in [9.17, 15) is 0 Å². The smallest absolute Gasteiger partial charge is 0.171 e. The minimum atomic E-state index is 0.0254. The normalized spacial score (nSPS) is 20.2. The first-order valence-electron chi connectivity index (χ1n) is 6.67. The lowest BCUT2D eigenvalue weighted by Crippen LogP contribution is -2.37. The summed E-state index contributed by atoms with van der Waals surface area (Å²) in [6.45, 7) is 2.76. The SMILES string of the molecule is COCC1CCCN(c2ccc(/C(N)=N/O)c(Cl)c2)C1. The van der Waals surface area contributed by atoms with Gasteiger partial charge in [-0.1, -0.05) is 16.8 Å². The zero-order chi connectivity index (χ0) is 14.5. The molecule has 1 aliphatic heterocycles. The van der Waals surface area contributed by atoms with Crippen LogP contribution >= 0.6 is 11.6 Å². The van der Waals surface area contributed by atoms with Crippen molar-refractivity contribution in [3.63, 3.8) is 0 Å². The molecule has 1 saturated heterocycles. The highest BCUT2D eigenvalue weighted by atomic mass is 35.5. The number of nitrogens with zero attached hydrogens (tertiary/aromatic N) is 2. The van der Waals surface area contributed by atoms with Crippen molar-refractivity contribution in [1.29, 1.82) is 0 Å². The first-order valence-corrected chi connectivity index (χ1v) is 7.04. The lowest BCUT2D eigenvalue weighted by Gasteiger charge is -2.34. The molecule has 1 unspecified atom stereocenters. The number of nitrogens with two attached hydrogens (primary N) is 1. The van der Waals surface area contributed by atoms with Gasteiger partial charge in [0.1, 0.15) is 0 Å². The highest BCUT2D eigenvalue weighted by molar-refractivity contribution is 6.34. The van der Waals surface area contributed by atoms with Gasteiger partial charge in [-0.15, -0.1) is 0 Å². The second kappa shape index (κ2) is 6.81. The van der Waals surface area contributed by atoms with Gasteiger partial charge in [-0.3, -0.25) is 0 Å². The molecule has 0 radical (unpaired) electrons. The van der Waals surface area contributed by atoms with Gasteiger partial charge in [0.15, 0.2) is 5.84 Å². The Kier molecular flexibility index (Phi) is 5.09. The molecule has 0 aliphatic carbocycles. The highest BCUT2D eigenvalue weighted by Crippen LogP contribution is 2.27. The maximum Gasteiger partial charge on any atom is 0.171 e. The van der Waals surface area contributed by atoms with E-state index in [1.54, 1.807) is 13.2 Å². The summed E-state index contributed by atoms with van der Waals surface area (Å²) in [4.78, 5) is 2.30. The highest BCUT2D eigenvalue weighted by Gasteiger charge is 2.20. The fourth-order valence-corrected chi connectivity index (χ4v) is 2.91. The van der Waals surface area contributed by atoms with Crippen molar-refractivity contribution in [3.8, 4) is 0 Å². The predicted octanol–water partition coefficient (Wildman–Crippen LogP) is 2.30.